The van der Waals surface area contributed by atoms with Crippen molar-refractivity contribution in [2.45, 2.75) is 37.8 Å². The fourth-order valence-corrected chi connectivity index (χ4v) is 1.68. The number of nitrogens with two attached hydrogens (primary N) is 1. The van der Waals surface area contributed by atoms with Gasteiger partial charge in [-0.05, 0) is 38.5 Å². The summed E-state index contributed by atoms with van der Waals surface area (Å²) in [5, 5.41) is 8.32. The van der Waals surface area contributed by atoms with E-state index in [0.717, 1.165) is 5.56 Å². The Morgan fingerprint density at radius 3 is 2.06 bits per heavy atom. The Hall–Kier alpha value is -0.910. The van der Waals surface area contributed by atoms with Gasteiger partial charge in [0.2, 0.25) is 10.0 Å². The molecular formula is C11H18N2O2S. The molecule has 1 aromatic carbocycles. The highest BCUT2D eigenvalue weighted by atomic mass is 32.2. The molecule has 5 heteroatoms. The summed E-state index contributed by atoms with van der Waals surface area (Å²) in [6.07, 6.45) is 0. The van der Waals surface area contributed by atoms with Crippen LogP contribution >= 0.6 is 0 Å². The molecule has 0 radical (unpaired) electrons. The zero-order chi connectivity index (χ0) is 12.4. The lowest BCUT2D eigenvalue weighted by Crippen LogP contribution is -2.35. The Bertz CT molecular complexity index is 444. The van der Waals surface area contributed by atoms with Crippen LogP contribution in [0.5, 0.6) is 0 Å². The lowest BCUT2D eigenvalue weighted by molar-refractivity contribution is 0.424. The molecule has 0 saturated heterocycles. The van der Waals surface area contributed by atoms with Crippen LogP contribution in [0.4, 0.5) is 0 Å². The summed E-state index contributed by atoms with van der Waals surface area (Å²) in [7, 11) is -3.58. The molecule has 0 saturated carbocycles. The molecule has 0 aromatic heterocycles. The number of sulfonamides is 1. The fraction of sp³-hybridized carbons (Fsp3) is 0.455. The molecule has 0 aliphatic heterocycles. The van der Waals surface area contributed by atoms with Crippen molar-refractivity contribution in [3.05, 3.63) is 29.8 Å². The Morgan fingerprint density at radius 2 is 1.69 bits per heavy atom. The first-order valence-corrected chi connectivity index (χ1v) is 6.60. The van der Waals surface area contributed by atoms with E-state index in [4.69, 9.17) is 5.14 Å². The molecule has 3 N–H and O–H groups in total. The number of primary sulfonamides is 1. The summed E-state index contributed by atoms with van der Waals surface area (Å²) in [4.78, 5) is 0.145. The molecule has 1 rings (SSSR count). The largest absolute Gasteiger partial charge is 0.308 e. The van der Waals surface area contributed by atoms with E-state index in [1.165, 1.54) is 12.1 Å². The van der Waals surface area contributed by atoms with Crippen LogP contribution in [-0.4, -0.2) is 14.0 Å². The van der Waals surface area contributed by atoms with Gasteiger partial charge in [-0.2, -0.15) is 0 Å². The van der Waals surface area contributed by atoms with Crippen molar-refractivity contribution in [2.75, 3.05) is 0 Å². The molecule has 0 amide bonds. The summed E-state index contributed by atoms with van der Waals surface area (Å²) in [5.74, 6) is 0. The molecule has 4 nitrogen and oxygen atoms in total. The van der Waals surface area contributed by atoms with Crippen molar-refractivity contribution < 1.29 is 8.42 Å². The number of benzene rings is 1. The maximum atomic E-state index is 11.0. The van der Waals surface area contributed by atoms with E-state index in [2.05, 4.69) is 26.1 Å². The van der Waals surface area contributed by atoms with Gasteiger partial charge in [-0.1, -0.05) is 12.1 Å². The standard InChI is InChI=1S/C11H18N2O2S/c1-11(2,3)13-8-9-4-6-10(7-5-9)16(12,14)15/h4-7,13H,8H2,1-3H3,(H2,12,14,15). The summed E-state index contributed by atoms with van der Waals surface area (Å²) in [5.41, 5.74) is 1.07. The van der Waals surface area contributed by atoms with Gasteiger partial charge in [-0.25, -0.2) is 13.6 Å². The molecule has 0 atom stereocenters. The van der Waals surface area contributed by atoms with Gasteiger partial charge in [0.1, 0.15) is 0 Å². The number of rotatable bonds is 3. The van der Waals surface area contributed by atoms with Crippen molar-refractivity contribution >= 4 is 10.0 Å². The third-order valence-corrected chi connectivity index (χ3v) is 3.00. The van der Waals surface area contributed by atoms with Gasteiger partial charge in [-0.15, -0.1) is 0 Å². The Kier molecular flexibility index (Phi) is 3.72. The van der Waals surface area contributed by atoms with Crippen LogP contribution in [0.3, 0.4) is 0 Å². The predicted molar refractivity (Wildman–Crippen MR) is 64.4 cm³/mol. The van der Waals surface area contributed by atoms with Gasteiger partial charge in [0.05, 0.1) is 4.90 Å². The molecular weight excluding hydrogens is 224 g/mol. The Balaban J connectivity index is 2.73. The maximum absolute atomic E-state index is 11.0. The second-order valence-electron chi connectivity index (χ2n) is 4.79. The minimum atomic E-state index is -3.58. The fourth-order valence-electron chi connectivity index (χ4n) is 1.16. The topological polar surface area (TPSA) is 72.2 Å². The molecule has 0 aliphatic rings. The third-order valence-electron chi connectivity index (χ3n) is 2.07. The van der Waals surface area contributed by atoms with Crippen molar-refractivity contribution in [3.8, 4) is 0 Å². The molecule has 0 fully saturated rings. The molecule has 0 heterocycles. The lowest BCUT2D eigenvalue weighted by Gasteiger charge is -2.20. The highest BCUT2D eigenvalue weighted by Gasteiger charge is 2.09. The average Bonchev–Trinajstić information content (AvgIpc) is 2.13. The Labute approximate surface area is 96.9 Å². The van der Waals surface area contributed by atoms with Crippen molar-refractivity contribution in [3.63, 3.8) is 0 Å². The zero-order valence-corrected chi connectivity index (χ0v) is 10.6. The summed E-state index contributed by atoms with van der Waals surface area (Å²) in [6, 6.07) is 6.57. The second kappa shape index (κ2) is 4.53. The molecule has 0 spiro atoms. The van der Waals surface area contributed by atoms with E-state index >= 15 is 0 Å². The molecule has 1 aromatic rings. The molecule has 0 bridgehead atoms. The summed E-state index contributed by atoms with van der Waals surface area (Å²) in [6.45, 7) is 6.93. The monoisotopic (exact) mass is 242 g/mol. The minimum absolute atomic E-state index is 0.0403. The molecule has 0 aliphatic carbocycles. The van der Waals surface area contributed by atoms with Gasteiger partial charge >= 0.3 is 0 Å². The quantitative estimate of drug-likeness (QED) is 0.837. The highest BCUT2D eigenvalue weighted by Crippen LogP contribution is 2.09. The van der Waals surface area contributed by atoms with Gasteiger partial charge in [0.15, 0.2) is 0 Å². The van der Waals surface area contributed by atoms with Crippen LogP contribution in [0.15, 0.2) is 29.2 Å². The van der Waals surface area contributed by atoms with Crippen molar-refractivity contribution in [1.82, 2.24) is 5.32 Å². The first-order chi connectivity index (χ1) is 7.18. The Morgan fingerprint density at radius 1 is 1.19 bits per heavy atom. The van der Waals surface area contributed by atoms with Crippen LogP contribution in [0.25, 0.3) is 0 Å². The second-order valence-corrected chi connectivity index (χ2v) is 6.35. The van der Waals surface area contributed by atoms with Crippen LogP contribution in [0.1, 0.15) is 26.3 Å². The van der Waals surface area contributed by atoms with Crippen LogP contribution in [0.2, 0.25) is 0 Å². The van der Waals surface area contributed by atoms with Crippen molar-refractivity contribution in [1.29, 1.82) is 0 Å². The number of nitrogens with one attached hydrogen (secondary N) is 1. The predicted octanol–water partition coefficient (Wildman–Crippen LogP) is 1.22. The van der Waals surface area contributed by atoms with E-state index in [1.54, 1.807) is 12.1 Å². The molecule has 0 unspecified atom stereocenters. The normalized spacial score (nSPS) is 12.8. The van der Waals surface area contributed by atoms with Crippen LogP contribution in [0, 0.1) is 0 Å². The van der Waals surface area contributed by atoms with E-state index < -0.39 is 10.0 Å². The lowest BCUT2D eigenvalue weighted by atomic mass is 10.1. The highest BCUT2D eigenvalue weighted by molar-refractivity contribution is 7.89. The maximum Gasteiger partial charge on any atom is 0.238 e. The zero-order valence-electron chi connectivity index (χ0n) is 9.82. The van der Waals surface area contributed by atoms with Gasteiger partial charge < -0.3 is 5.32 Å². The molecule has 16 heavy (non-hydrogen) atoms. The van der Waals surface area contributed by atoms with E-state index in [-0.39, 0.29) is 10.4 Å². The van der Waals surface area contributed by atoms with Crippen molar-refractivity contribution in [2.24, 2.45) is 5.14 Å². The SMILES string of the molecule is CC(C)(C)NCc1ccc(S(N)(=O)=O)cc1. The van der Waals surface area contributed by atoms with Gasteiger partial charge in [-0.3, -0.25) is 0 Å². The van der Waals surface area contributed by atoms with Crippen LogP contribution in [-0.2, 0) is 16.6 Å². The first kappa shape index (κ1) is 13.2. The first-order valence-electron chi connectivity index (χ1n) is 5.05. The molecule has 90 valence electrons. The average molecular weight is 242 g/mol. The summed E-state index contributed by atoms with van der Waals surface area (Å²) < 4.78 is 22.0. The number of hydrogen-bond donors (Lipinski definition) is 2. The summed E-state index contributed by atoms with van der Waals surface area (Å²) >= 11 is 0. The van der Waals surface area contributed by atoms with E-state index in [9.17, 15) is 8.42 Å². The third kappa shape index (κ3) is 4.30. The van der Waals surface area contributed by atoms with Crippen LogP contribution < -0.4 is 10.5 Å². The smallest absolute Gasteiger partial charge is 0.238 e. The van der Waals surface area contributed by atoms with E-state index in [0.29, 0.717) is 6.54 Å². The van der Waals surface area contributed by atoms with E-state index in [1.807, 2.05) is 0 Å². The minimum Gasteiger partial charge on any atom is -0.308 e. The van der Waals surface area contributed by atoms with Gasteiger partial charge in [0.25, 0.3) is 0 Å². The number of hydrogen-bond acceptors (Lipinski definition) is 3. The van der Waals surface area contributed by atoms with Gasteiger partial charge in [0, 0.05) is 12.1 Å².